The fourth-order valence-corrected chi connectivity index (χ4v) is 5.38. The maximum Gasteiger partial charge on any atom is 0.229 e. The van der Waals surface area contributed by atoms with Crippen molar-refractivity contribution in [1.29, 1.82) is 0 Å². The summed E-state index contributed by atoms with van der Waals surface area (Å²) in [7, 11) is -4.02. The molecule has 0 spiro atoms. The summed E-state index contributed by atoms with van der Waals surface area (Å²) >= 11 is 1.49. The summed E-state index contributed by atoms with van der Waals surface area (Å²) in [6.45, 7) is 0.627. The standard InChI is InChI=1S/C21H16FN5O2S2/c22-15-6-8-16(9-7-15)31(28,29)21-20-24-19(23-12-10-14-4-2-1-3-5-14)18-17(11-13-30-18)27(20)26-25-21/h1-9,11,13H,10,12H2,(H,23,24). The van der Waals surface area contributed by atoms with Crippen LogP contribution in [0.1, 0.15) is 5.56 Å². The number of benzene rings is 2. The highest BCUT2D eigenvalue weighted by Crippen LogP contribution is 2.31. The first-order chi connectivity index (χ1) is 15.0. The van der Waals surface area contributed by atoms with E-state index in [1.807, 2.05) is 41.8 Å². The van der Waals surface area contributed by atoms with Crippen LogP contribution < -0.4 is 5.32 Å². The first kappa shape index (κ1) is 19.6. The Hall–Kier alpha value is -3.37. The van der Waals surface area contributed by atoms with Gasteiger partial charge in [-0.25, -0.2) is 17.8 Å². The van der Waals surface area contributed by atoms with Crippen molar-refractivity contribution in [3.63, 3.8) is 0 Å². The Balaban J connectivity index is 1.56. The number of nitrogens with one attached hydrogen (secondary N) is 1. The summed E-state index contributed by atoms with van der Waals surface area (Å²) < 4.78 is 41.8. The molecule has 5 rings (SSSR count). The SMILES string of the molecule is O=S(=O)(c1ccc(F)cc1)c1nnn2c1nc(NCCc1ccccc1)c1sccc12. The minimum atomic E-state index is -4.02. The highest BCUT2D eigenvalue weighted by atomic mass is 32.2. The molecule has 2 aromatic carbocycles. The predicted octanol–water partition coefficient (Wildman–Crippen LogP) is 3.97. The zero-order valence-electron chi connectivity index (χ0n) is 16.1. The first-order valence-corrected chi connectivity index (χ1v) is 11.8. The fourth-order valence-electron chi connectivity index (χ4n) is 3.31. The third-order valence-corrected chi connectivity index (χ3v) is 7.43. The number of anilines is 1. The molecule has 3 aromatic heterocycles. The molecule has 0 amide bonds. The number of aromatic nitrogens is 4. The van der Waals surface area contributed by atoms with Crippen LogP contribution in [-0.4, -0.2) is 34.8 Å². The lowest BCUT2D eigenvalue weighted by atomic mass is 10.1. The molecule has 5 aromatic rings. The molecule has 10 heteroatoms. The van der Waals surface area contributed by atoms with Gasteiger partial charge in [-0.05, 0) is 47.7 Å². The topological polar surface area (TPSA) is 89.2 Å². The summed E-state index contributed by atoms with van der Waals surface area (Å²) in [6, 6.07) is 16.5. The molecule has 0 fully saturated rings. The van der Waals surface area contributed by atoms with Crippen LogP contribution in [0.4, 0.5) is 10.2 Å². The molecular weight excluding hydrogens is 437 g/mol. The van der Waals surface area contributed by atoms with E-state index >= 15 is 0 Å². The molecule has 7 nitrogen and oxygen atoms in total. The van der Waals surface area contributed by atoms with Gasteiger partial charge in [-0.15, -0.1) is 16.4 Å². The molecule has 0 radical (unpaired) electrons. The zero-order chi connectivity index (χ0) is 21.4. The van der Waals surface area contributed by atoms with Gasteiger partial charge < -0.3 is 5.32 Å². The molecule has 0 aliphatic heterocycles. The minimum Gasteiger partial charge on any atom is -0.368 e. The van der Waals surface area contributed by atoms with Crippen molar-refractivity contribution < 1.29 is 12.8 Å². The van der Waals surface area contributed by atoms with Crippen molar-refractivity contribution >= 4 is 42.9 Å². The highest BCUT2D eigenvalue weighted by molar-refractivity contribution is 7.91. The summed E-state index contributed by atoms with van der Waals surface area (Å²) in [5.74, 6) is 0.0565. The second-order valence-corrected chi connectivity index (χ2v) is 9.63. The Kier molecular flexibility index (Phi) is 4.87. The van der Waals surface area contributed by atoms with Crippen LogP contribution in [0.5, 0.6) is 0 Å². The van der Waals surface area contributed by atoms with Gasteiger partial charge in [0.25, 0.3) is 0 Å². The Labute approximate surface area is 181 Å². The molecule has 0 unspecified atom stereocenters. The summed E-state index contributed by atoms with van der Waals surface area (Å²) in [4.78, 5) is 4.49. The third kappa shape index (κ3) is 3.53. The van der Waals surface area contributed by atoms with E-state index < -0.39 is 15.7 Å². The molecule has 0 aliphatic carbocycles. The number of nitrogens with zero attached hydrogens (tertiary/aromatic N) is 4. The van der Waals surface area contributed by atoms with Gasteiger partial charge in [0.1, 0.15) is 11.6 Å². The van der Waals surface area contributed by atoms with E-state index in [-0.39, 0.29) is 15.6 Å². The van der Waals surface area contributed by atoms with Gasteiger partial charge in [-0.2, -0.15) is 4.52 Å². The summed E-state index contributed by atoms with van der Waals surface area (Å²) in [5.41, 5.74) is 2.02. The van der Waals surface area contributed by atoms with Gasteiger partial charge in [0.15, 0.2) is 5.65 Å². The van der Waals surface area contributed by atoms with E-state index in [4.69, 9.17) is 0 Å². The molecule has 156 valence electrons. The molecule has 0 atom stereocenters. The Morgan fingerprint density at radius 2 is 1.81 bits per heavy atom. The van der Waals surface area contributed by atoms with Gasteiger partial charge in [0.05, 0.1) is 15.1 Å². The smallest absolute Gasteiger partial charge is 0.229 e. The maximum atomic E-state index is 13.3. The lowest BCUT2D eigenvalue weighted by molar-refractivity contribution is 0.591. The molecular formula is C21H16FN5O2S2. The average molecular weight is 454 g/mol. The van der Waals surface area contributed by atoms with Crippen molar-refractivity contribution in [3.05, 3.63) is 77.4 Å². The summed E-state index contributed by atoms with van der Waals surface area (Å²) in [6.07, 6.45) is 0.790. The fraction of sp³-hybridized carbons (Fsp3) is 0.0952. The zero-order valence-corrected chi connectivity index (χ0v) is 17.7. The number of sulfone groups is 1. The van der Waals surface area contributed by atoms with E-state index in [0.717, 1.165) is 23.3 Å². The van der Waals surface area contributed by atoms with Crippen LogP contribution in [-0.2, 0) is 16.3 Å². The number of thiophene rings is 1. The van der Waals surface area contributed by atoms with Gasteiger partial charge in [-0.1, -0.05) is 35.5 Å². The average Bonchev–Trinajstić information content (AvgIpc) is 3.42. The van der Waals surface area contributed by atoms with Crippen LogP contribution >= 0.6 is 11.3 Å². The predicted molar refractivity (Wildman–Crippen MR) is 117 cm³/mol. The lowest BCUT2D eigenvalue weighted by Gasteiger charge is -2.08. The highest BCUT2D eigenvalue weighted by Gasteiger charge is 2.27. The number of hydrogen-bond acceptors (Lipinski definition) is 7. The van der Waals surface area contributed by atoms with Gasteiger partial charge >= 0.3 is 0 Å². The molecule has 0 aliphatic rings. The Morgan fingerprint density at radius 3 is 2.58 bits per heavy atom. The van der Waals surface area contributed by atoms with Crippen molar-refractivity contribution in [3.8, 4) is 0 Å². The third-order valence-electron chi connectivity index (χ3n) is 4.85. The normalized spacial score (nSPS) is 11.9. The van der Waals surface area contributed by atoms with E-state index in [2.05, 4.69) is 20.6 Å². The molecule has 31 heavy (non-hydrogen) atoms. The molecule has 0 saturated carbocycles. The number of hydrogen-bond donors (Lipinski definition) is 1. The molecule has 0 bridgehead atoms. The maximum absolute atomic E-state index is 13.3. The summed E-state index contributed by atoms with van der Waals surface area (Å²) in [5, 5.41) is 12.9. The van der Waals surface area contributed by atoms with Gasteiger partial charge in [-0.3, -0.25) is 0 Å². The second kappa shape index (κ2) is 7.71. The number of fused-ring (bicyclic) bond motifs is 3. The van der Waals surface area contributed by atoms with Crippen LogP contribution in [0, 0.1) is 5.82 Å². The van der Waals surface area contributed by atoms with Crippen LogP contribution in [0.15, 0.2) is 76.0 Å². The van der Waals surface area contributed by atoms with E-state index in [9.17, 15) is 12.8 Å². The Morgan fingerprint density at radius 1 is 1.03 bits per heavy atom. The molecule has 1 N–H and O–H groups in total. The van der Waals surface area contributed by atoms with Crippen molar-refractivity contribution in [1.82, 2.24) is 19.8 Å². The molecule has 3 heterocycles. The van der Waals surface area contributed by atoms with Crippen LogP contribution in [0.25, 0.3) is 15.9 Å². The second-order valence-electron chi connectivity index (χ2n) is 6.85. The van der Waals surface area contributed by atoms with E-state index in [1.165, 1.54) is 33.5 Å². The van der Waals surface area contributed by atoms with Crippen LogP contribution in [0.3, 0.4) is 0 Å². The van der Waals surface area contributed by atoms with Gasteiger partial charge in [0, 0.05) is 6.54 Å². The van der Waals surface area contributed by atoms with E-state index in [1.54, 1.807) is 0 Å². The van der Waals surface area contributed by atoms with Gasteiger partial charge in [0.2, 0.25) is 14.9 Å². The van der Waals surface area contributed by atoms with Crippen molar-refractivity contribution in [2.75, 3.05) is 11.9 Å². The first-order valence-electron chi connectivity index (χ1n) is 9.45. The minimum absolute atomic E-state index is 0.0675. The van der Waals surface area contributed by atoms with Crippen molar-refractivity contribution in [2.45, 2.75) is 16.3 Å². The number of rotatable bonds is 6. The van der Waals surface area contributed by atoms with Crippen LogP contribution in [0.2, 0.25) is 0 Å². The van der Waals surface area contributed by atoms with Crippen molar-refractivity contribution in [2.24, 2.45) is 0 Å². The molecule has 0 saturated heterocycles. The monoisotopic (exact) mass is 453 g/mol. The Bertz CT molecular complexity index is 1480. The largest absolute Gasteiger partial charge is 0.368 e. The lowest BCUT2D eigenvalue weighted by Crippen LogP contribution is -2.09. The number of halogens is 1. The quantitative estimate of drug-likeness (QED) is 0.392. The van der Waals surface area contributed by atoms with E-state index in [0.29, 0.717) is 17.9 Å².